The van der Waals surface area contributed by atoms with E-state index in [-0.39, 0.29) is 12.7 Å². The number of hydrogen-bond donors (Lipinski definition) is 0. The first kappa shape index (κ1) is 12.0. The summed E-state index contributed by atoms with van der Waals surface area (Å²) < 4.78 is 41.7. The van der Waals surface area contributed by atoms with Crippen molar-refractivity contribution >= 4 is 0 Å². The van der Waals surface area contributed by atoms with Crippen LogP contribution in [0.15, 0.2) is 18.3 Å². The molecule has 5 heteroatoms. The van der Waals surface area contributed by atoms with E-state index in [2.05, 4.69) is 4.98 Å². The van der Waals surface area contributed by atoms with E-state index in [1.807, 2.05) is 13.8 Å². The van der Waals surface area contributed by atoms with Crippen molar-refractivity contribution in [1.82, 2.24) is 4.98 Å². The highest BCUT2D eigenvalue weighted by molar-refractivity contribution is 5.15. The predicted molar refractivity (Wildman–Crippen MR) is 49.2 cm³/mol. The Hall–Kier alpha value is -1.10. The van der Waals surface area contributed by atoms with Crippen LogP contribution in [0, 0.1) is 0 Å². The van der Waals surface area contributed by atoms with Gasteiger partial charge in [0.15, 0.2) is 0 Å². The first-order valence-corrected chi connectivity index (χ1v) is 4.53. The Morgan fingerprint density at radius 2 is 2.00 bits per heavy atom. The maximum absolute atomic E-state index is 12.1. The molecule has 84 valence electrons. The molecule has 0 aliphatic rings. The molecule has 0 unspecified atom stereocenters. The highest BCUT2D eigenvalue weighted by Crippen LogP contribution is 2.27. The summed E-state index contributed by atoms with van der Waals surface area (Å²) in [6.45, 7) is 4.00. The Labute approximate surface area is 86.1 Å². The van der Waals surface area contributed by atoms with E-state index in [0.717, 1.165) is 6.07 Å². The molecule has 0 fully saturated rings. The Morgan fingerprint density at radius 1 is 1.33 bits per heavy atom. The Bertz CT molecular complexity index is 305. The number of halogens is 3. The topological polar surface area (TPSA) is 22.1 Å². The van der Waals surface area contributed by atoms with Crippen molar-refractivity contribution in [3.8, 4) is 0 Å². The third-order valence-corrected chi connectivity index (χ3v) is 1.70. The van der Waals surface area contributed by atoms with Gasteiger partial charge in [0.25, 0.3) is 0 Å². The molecule has 0 radical (unpaired) electrons. The molecule has 1 aromatic heterocycles. The summed E-state index contributed by atoms with van der Waals surface area (Å²) in [7, 11) is 0. The molecule has 0 aromatic carbocycles. The fourth-order valence-electron chi connectivity index (χ4n) is 0.940. The molecule has 0 bridgehead atoms. The molecule has 0 N–H and O–H groups in total. The zero-order chi connectivity index (χ0) is 11.5. The van der Waals surface area contributed by atoms with E-state index in [1.54, 1.807) is 0 Å². The minimum absolute atomic E-state index is 0.0484. The summed E-state index contributed by atoms with van der Waals surface area (Å²) in [5.41, 5.74) is -0.243. The van der Waals surface area contributed by atoms with E-state index in [0.29, 0.717) is 5.56 Å². The van der Waals surface area contributed by atoms with E-state index in [1.165, 1.54) is 12.3 Å². The molecule has 1 heterocycles. The van der Waals surface area contributed by atoms with Gasteiger partial charge < -0.3 is 4.74 Å². The van der Waals surface area contributed by atoms with Crippen molar-refractivity contribution in [3.05, 3.63) is 29.6 Å². The lowest BCUT2D eigenvalue weighted by molar-refractivity contribution is -0.141. The number of alkyl halides is 3. The molecule has 0 spiro atoms. The first-order valence-electron chi connectivity index (χ1n) is 4.53. The molecule has 0 saturated heterocycles. The summed E-state index contributed by atoms with van der Waals surface area (Å²) in [6.07, 6.45) is -3.14. The summed E-state index contributed by atoms with van der Waals surface area (Å²) in [4.78, 5) is 3.32. The second-order valence-corrected chi connectivity index (χ2v) is 3.41. The second-order valence-electron chi connectivity index (χ2n) is 3.41. The molecule has 0 amide bonds. The smallest absolute Gasteiger partial charge is 0.374 e. The van der Waals surface area contributed by atoms with Gasteiger partial charge in [-0.15, -0.1) is 0 Å². The molecule has 1 aromatic rings. The number of pyridine rings is 1. The summed E-state index contributed by atoms with van der Waals surface area (Å²) in [5.74, 6) is 0. The maximum atomic E-state index is 12.1. The van der Waals surface area contributed by atoms with Crippen molar-refractivity contribution in [3.63, 3.8) is 0 Å². The van der Waals surface area contributed by atoms with Crippen molar-refractivity contribution in [2.75, 3.05) is 0 Å². The van der Waals surface area contributed by atoms with Crippen LogP contribution in [-0.4, -0.2) is 11.1 Å². The normalized spacial score (nSPS) is 12.1. The third-order valence-electron chi connectivity index (χ3n) is 1.70. The molecule has 0 aliphatic heterocycles. The molecule has 1 rings (SSSR count). The standard InChI is InChI=1S/C10H12F3NO/c1-7(2)15-6-8-3-4-9(14-5-8)10(11,12)13/h3-5,7H,6H2,1-2H3. The minimum Gasteiger partial charge on any atom is -0.374 e. The largest absolute Gasteiger partial charge is 0.433 e. The van der Waals surface area contributed by atoms with Crippen molar-refractivity contribution in [2.45, 2.75) is 32.7 Å². The van der Waals surface area contributed by atoms with Crippen LogP contribution in [0.4, 0.5) is 13.2 Å². The number of ether oxygens (including phenoxy) is 1. The van der Waals surface area contributed by atoms with Crippen molar-refractivity contribution in [1.29, 1.82) is 0 Å². The zero-order valence-electron chi connectivity index (χ0n) is 8.51. The molecule has 15 heavy (non-hydrogen) atoms. The predicted octanol–water partition coefficient (Wildman–Crippen LogP) is 3.03. The highest BCUT2D eigenvalue weighted by atomic mass is 19.4. The summed E-state index contributed by atoms with van der Waals surface area (Å²) in [6, 6.07) is 2.33. The fourth-order valence-corrected chi connectivity index (χ4v) is 0.940. The van der Waals surface area contributed by atoms with Gasteiger partial charge in [-0.05, 0) is 25.5 Å². The molecule has 0 saturated carbocycles. The summed E-state index contributed by atoms with van der Waals surface area (Å²) >= 11 is 0. The van der Waals surface area contributed by atoms with Gasteiger partial charge in [-0.1, -0.05) is 6.07 Å². The van der Waals surface area contributed by atoms with Gasteiger partial charge in [-0.2, -0.15) is 13.2 Å². The lowest BCUT2D eigenvalue weighted by Gasteiger charge is -2.08. The molecular formula is C10H12F3NO. The van der Waals surface area contributed by atoms with Crippen LogP contribution >= 0.6 is 0 Å². The third kappa shape index (κ3) is 3.87. The van der Waals surface area contributed by atoms with Crippen molar-refractivity contribution in [2.24, 2.45) is 0 Å². The van der Waals surface area contributed by atoms with Gasteiger partial charge in [0.1, 0.15) is 5.69 Å². The zero-order valence-corrected chi connectivity index (χ0v) is 8.51. The minimum atomic E-state index is -4.38. The van der Waals surface area contributed by atoms with Gasteiger partial charge in [-0.3, -0.25) is 4.98 Å². The monoisotopic (exact) mass is 219 g/mol. The molecule has 2 nitrogen and oxygen atoms in total. The summed E-state index contributed by atoms with van der Waals surface area (Å²) in [5, 5.41) is 0. The van der Waals surface area contributed by atoms with Gasteiger partial charge in [0.05, 0.1) is 12.7 Å². The fraction of sp³-hybridized carbons (Fsp3) is 0.500. The van der Waals surface area contributed by atoms with Crippen LogP contribution in [-0.2, 0) is 17.5 Å². The lowest BCUT2D eigenvalue weighted by Crippen LogP contribution is -2.08. The number of hydrogen-bond acceptors (Lipinski definition) is 2. The quantitative estimate of drug-likeness (QED) is 0.779. The van der Waals surface area contributed by atoms with Crippen LogP contribution < -0.4 is 0 Å². The highest BCUT2D eigenvalue weighted by Gasteiger charge is 2.31. The molecule has 0 atom stereocenters. The van der Waals surface area contributed by atoms with Crippen LogP contribution in [0.3, 0.4) is 0 Å². The van der Waals surface area contributed by atoms with E-state index in [9.17, 15) is 13.2 Å². The Morgan fingerprint density at radius 3 is 2.40 bits per heavy atom. The van der Waals surface area contributed by atoms with Gasteiger partial charge in [0, 0.05) is 6.20 Å². The van der Waals surface area contributed by atoms with Crippen LogP contribution in [0.1, 0.15) is 25.1 Å². The van der Waals surface area contributed by atoms with Gasteiger partial charge in [-0.25, -0.2) is 0 Å². The van der Waals surface area contributed by atoms with Crippen molar-refractivity contribution < 1.29 is 17.9 Å². The lowest BCUT2D eigenvalue weighted by atomic mass is 10.2. The molecular weight excluding hydrogens is 207 g/mol. The van der Waals surface area contributed by atoms with E-state index in [4.69, 9.17) is 4.74 Å². The van der Waals surface area contributed by atoms with E-state index >= 15 is 0 Å². The van der Waals surface area contributed by atoms with Gasteiger partial charge in [0.2, 0.25) is 0 Å². The van der Waals surface area contributed by atoms with Crippen LogP contribution in [0.5, 0.6) is 0 Å². The Kier molecular flexibility index (Phi) is 3.68. The average Bonchev–Trinajstić information content (AvgIpc) is 2.14. The number of aromatic nitrogens is 1. The number of rotatable bonds is 3. The van der Waals surface area contributed by atoms with Crippen LogP contribution in [0.2, 0.25) is 0 Å². The van der Waals surface area contributed by atoms with Crippen LogP contribution in [0.25, 0.3) is 0 Å². The first-order chi connectivity index (χ1) is 6.89. The SMILES string of the molecule is CC(C)OCc1ccc(C(F)(F)F)nc1. The second kappa shape index (κ2) is 4.61. The van der Waals surface area contributed by atoms with E-state index < -0.39 is 11.9 Å². The maximum Gasteiger partial charge on any atom is 0.433 e. The number of nitrogens with zero attached hydrogens (tertiary/aromatic N) is 1. The Balaban J connectivity index is 2.65. The average molecular weight is 219 g/mol. The molecule has 0 aliphatic carbocycles. The van der Waals surface area contributed by atoms with Gasteiger partial charge >= 0.3 is 6.18 Å².